The van der Waals surface area contributed by atoms with Gasteiger partial charge in [-0.25, -0.2) is 4.98 Å². The standard InChI is InChI=1S/C22H23F3N4O3/c23-22(24,25)32-19-4-2-1-3-15(19)12-29-8-6-14(10-21(30)31)16(13-29)9-20-27-17-5-7-26-11-18(17)28-20/h1-5,7,11,14,16H,6,8-10,12-13H2,(H,27,28)(H,30,31)/t14-,16-/m0/s1. The van der Waals surface area contributed by atoms with Crippen molar-refractivity contribution in [3.8, 4) is 5.75 Å². The molecule has 32 heavy (non-hydrogen) atoms. The van der Waals surface area contributed by atoms with E-state index in [1.54, 1.807) is 30.6 Å². The van der Waals surface area contributed by atoms with Crippen LogP contribution in [0.25, 0.3) is 11.0 Å². The van der Waals surface area contributed by atoms with Gasteiger partial charge in [0, 0.05) is 37.7 Å². The summed E-state index contributed by atoms with van der Waals surface area (Å²) in [6.07, 6.45) is -0.184. The number of hydrogen-bond acceptors (Lipinski definition) is 5. The highest BCUT2D eigenvalue weighted by molar-refractivity contribution is 5.73. The maximum Gasteiger partial charge on any atom is 0.573 e. The molecule has 4 rings (SSSR count). The van der Waals surface area contributed by atoms with Gasteiger partial charge in [-0.3, -0.25) is 14.7 Å². The van der Waals surface area contributed by atoms with Crippen LogP contribution in [0.3, 0.4) is 0 Å². The average molecular weight is 448 g/mol. The van der Waals surface area contributed by atoms with Crippen molar-refractivity contribution in [1.82, 2.24) is 19.9 Å². The van der Waals surface area contributed by atoms with Crippen LogP contribution in [0.4, 0.5) is 13.2 Å². The van der Waals surface area contributed by atoms with Gasteiger partial charge in [-0.2, -0.15) is 0 Å². The largest absolute Gasteiger partial charge is 0.573 e. The predicted octanol–water partition coefficient (Wildman–Crippen LogP) is 4.01. The first-order chi connectivity index (χ1) is 15.3. The molecule has 2 atom stereocenters. The molecule has 1 saturated heterocycles. The molecule has 10 heteroatoms. The molecule has 0 bridgehead atoms. The summed E-state index contributed by atoms with van der Waals surface area (Å²) in [5, 5.41) is 9.34. The molecule has 7 nitrogen and oxygen atoms in total. The topological polar surface area (TPSA) is 91.3 Å². The summed E-state index contributed by atoms with van der Waals surface area (Å²) in [6.45, 7) is 1.43. The highest BCUT2D eigenvalue weighted by atomic mass is 19.4. The molecule has 0 unspecified atom stereocenters. The number of halogens is 3. The molecule has 3 aromatic rings. The molecule has 1 aliphatic heterocycles. The number of alkyl halides is 3. The Balaban J connectivity index is 1.50. The van der Waals surface area contributed by atoms with Crippen molar-refractivity contribution in [2.75, 3.05) is 13.1 Å². The van der Waals surface area contributed by atoms with Gasteiger partial charge in [0.1, 0.15) is 11.6 Å². The number of carboxylic acid groups (broad SMARTS) is 1. The number of fused-ring (bicyclic) bond motifs is 1. The van der Waals surface area contributed by atoms with E-state index in [-0.39, 0.29) is 30.6 Å². The van der Waals surface area contributed by atoms with E-state index in [4.69, 9.17) is 0 Å². The summed E-state index contributed by atoms with van der Waals surface area (Å²) in [5.74, 6) is -0.378. The molecule has 0 radical (unpaired) electrons. The van der Waals surface area contributed by atoms with Crippen molar-refractivity contribution in [1.29, 1.82) is 0 Å². The Morgan fingerprint density at radius 2 is 2.06 bits per heavy atom. The maximum atomic E-state index is 12.8. The molecule has 0 saturated carbocycles. The number of rotatable bonds is 7. The lowest BCUT2D eigenvalue weighted by Crippen LogP contribution is -2.41. The minimum absolute atomic E-state index is 0.0101. The van der Waals surface area contributed by atoms with Gasteiger partial charge < -0.3 is 14.8 Å². The van der Waals surface area contributed by atoms with Crippen LogP contribution in [-0.4, -0.2) is 50.4 Å². The van der Waals surface area contributed by atoms with Crippen LogP contribution in [0.2, 0.25) is 0 Å². The number of aliphatic carboxylic acids is 1. The van der Waals surface area contributed by atoms with Gasteiger partial charge in [0.25, 0.3) is 0 Å². The molecule has 0 spiro atoms. The molecule has 170 valence electrons. The number of piperidine rings is 1. The summed E-state index contributed by atoms with van der Waals surface area (Å²) in [4.78, 5) is 25.3. The molecule has 0 aliphatic carbocycles. The number of likely N-dealkylation sites (tertiary alicyclic amines) is 1. The van der Waals surface area contributed by atoms with E-state index in [0.717, 1.165) is 16.9 Å². The average Bonchev–Trinajstić information content (AvgIpc) is 3.12. The Morgan fingerprint density at radius 3 is 2.81 bits per heavy atom. The van der Waals surface area contributed by atoms with Gasteiger partial charge in [-0.05, 0) is 36.9 Å². The smallest absolute Gasteiger partial charge is 0.481 e. The van der Waals surface area contributed by atoms with Gasteiger partial charge in [0.2, 0.25) is 0 Å². The van der Waals surface area contributed by atoms with Crippen molar-refractivity contribution >= 4 is 17.0 Å². The van der Waals surface area contributed by atoms with Crippen LogP contribution in [0.15, 0.2) is 42.7 Å². The number of carboxylic acids is 1. The third-order valence-corrected chi connectivity index (χ3v) is 5.79. The SMILES string of the molecule is O=C(O)C[C@@H]1CCN(Cc2ccccc2OC(F)(F)F)C[C@@H]1Cc1nc2ccncc2[nH]1. The highest BCUT2D eigenvalue weighted by Gasteiger charge is 2.34. The summed E-state index contributed by atoms with van der Waals surface area (Å²) in [7, 11) is 0. The number of aromatic amines is 1. The lowest BCUT2D eigenvalue weighted by Gasteiger charge is -2.38. The highest BCUT2D eigenvalue weighted by Crippen LogP contribution is 2.32. The number of aromatic nitrogens is 3. The number of nitrogens with zero attached hydrogens (tertiary/aromatic N) is 3. The Kier molecular flexibility index (Phi) is 6.31. The monoisotopic (exact) mass is 448 g/mol. The number of para-hydroxylation sites is 1. The van der Waals surface area contributed by atoms with Crippen molar-refractivity contribution in [3.05, 3.63) is 54.1 Å². The maximum absolute atomic E-state index is 12.8. The van der Waals surface area contributed by atoms with Gasteiger partial charge >= 0.3 is 12.3 Å². The molecule has 0 amide bonds. The van der Waals surface area contributed by atoms with Crippen LogP contribution >= 0.6 is 0 Å². The van der Waals surface area contributed by atoms with Crippen LogP contribution < -0.4 is 4.74 Å². The Labute approximate surface area is 182 Å². The van der Waals surface area contributed by atoms with Crippen LogP contribution in [0.1, 0.15) is 24.2 Å². The predicted molar refractivity (Wildman–Crippen MR) is 110 cm³/mol. The third kappa shape index (κ3) is 5.56. The van der Waals surface area contributed by atoms with Crippen molar-refractivity contribution < 1.29 is 27.8 Å². The lowest BCUT2D eigenvalue weighted by molar-refractivity contribution is -0.275. The van der Waals surface area contributed by atoms with Crippen LogP contribution in [0, 0.1) is 11.8 Å². The molecule has 2 aromatic heterocycles. The first kappa shape index (κ1) is 22.1. The normalized spacial score (nSPS) is 19.8. The zero-order chi connectivity index (χ0) is 22.7. The summed E-state index contributed by atoms with van der Waals surface area (Å²) in [5.41, 5.74) is 2.04. The zero-order valence-corrected chi connectivity index (χ0v) is 17.2. The fraction of sp³-hybridized carbons (Fsp3) is 0.409. The fourth-order valence-corrected chi connectivity index (χ4v) is 4.38. The Hall–Kier alpha value is -3.14. The molecule has 1 aliphatic rings. The number of hydrogen-bond donors (Lipinski definition) is 2. The van der Waals surface area contributed by atoms with Gasteiger partial charge in [0.15, 0.2) is 0 Å². The first-order valence-electron chi connectivity index (χ1n) is 10.3. The number of benzene rings is 1. The van der Waals surface area contributed by atoms with Crippen molar-refractivity contribution in [2.24, 2.45) is 11.8 Å². The van der Waals surface area contributed by atoms with Gasteiger partial charge in [-0.1, -0.05) is 18.2 Å². The molecule has 1 fully saturated rings. The third-order valence-electron chi connectivity index (χ3n) is 5.79. The number of pyridine rings is 1. The van der Waals surface area contributed by atoms with E-state index < -0.39 is 12.3 Å². The minimum Gasteiger partial charge on any atom is -0.481 e. The molecule has 3 heterocycles. The number of nitrogens with one attached hydrogen (secondary N) is 1. The molecule has 2 N–H and O–H groups in total. The summed E-state index contributed by atoms with van der Waals surface area (Å²) >= 11 is 0. The number of imidazole rings is 1. The number of ether oxygens (including phenoxy) is 1. The number of carbonyl (C=O) groups is 1. The fourth-order valence-electron chi connectivity index (χ4n) is 4.38. The lowest BCUT2D eigenvalue weighted by atomic mass is 9.81. The Morgan fingerprint density at radius 1 is 1.25 bits per heavy atom. The van der Waals surface area contributed by atoms with Crippen molar-refractivity contribution in [3.63, 3.8) is 0 Å². The molecule has 1 aromatic carbocycles. The minimum atomic E-state index is -4.76. The molecular formula is C22H23F3N4O3. The first-order valence-corrected chi connectivity index (χ1v) is 10.3. The number of H-pyrrole nitrogens is 1. The van der Waals surface area contributed by atoms with E-state index >= 15 is 0 Å². The summed E-state index contributed by atoms with van der Waals surface area (Å²) in [6, 6.07) is 7.90. The van der Waals surface area contributed by atoms with Crippen LogP contribution in [0.5, 0.6) is 5.75 Å². The quantitative estimate of drug-likeness (QED) is 0.568. The second-order valence-electron chi connectivity index (χ2n) is 8.08. The second-order valence-corrected chi connectivity index (χ2v) is 8.08. The Bertz CT molecular complexity index is 1050. The second kappa shape index (κ2) is 9.15. The summed E-state index contributed by atoms with van der Waals surface area (Å²) < 4.78 is 42.5. The van der Waals surface area contributed by atoms with E-state index in [1.807, 2.05) is 4.90 Å². The van der Waals surface area contributed by atoms with Gasteiger partial charge in [0.05, 0.1) is 17.2 Å². The van der Waals surface area contributed by atoms with E-state index in [1.165, 1.54) is 12.1 Å². The van der Waals surface area contributed by atoms with Gasteiger partial charge in [-0.15, -0.1) is 13.2 Å². The van der Waals surface area contributed by atoms with E-state index in [0.29, 0.717) is 31.5 Å². The van der Waals surface area contributed by atoms with E-state index in [9.17, 15) is 23.1 Å². The van der Waals surface area contributed by atoms with Crippen molar-refractivity contribution in [2.45, 2.75) is 32.2 Å². The van der Waals surface area contributed by atoms with Crippen LogP contribution in [-0.2, 0) is 17.8 Å². The van der Waals surface area contributed by atoms with E-state index in [2.05, 4.69) is 19.7 Å². The molecular weight excluding hydrogens is 425 g/mol. The zero-order valence-electron chi connectivity index (χ0n) is 17.2.